The van der Waals surface area contributed by atoms with E-state index >= 15 is 0 Å². The van der Waals surface area contributed by atoms with Gasteiger partial charge in [0.1, 0.15) is 0 Å². The van der Waals surface area contributed by atoms with E-state index < -0.39 is 9.28 Å². The molecule has 13 heavy (non-hydrogen) atoms. The van der Waals surface area contributed by atoms with Crippen molar-refractivity contribution >= 4 is 9.28 Å². The highest BCUT2D eigenvalue weighted by atomic mass is 28.3. The van der Waals surface area contributed by atoms with Gasteiger partial charge in [-0.25, -0.2) is 0 Å². The summed E-state index contributed by atoms with van der Waals surface area (Å²) < 4.78 is 11.1. The smallest absolute Gasteiger partial charge is 0.335 e. The van der Waals surface area contributed by atoms with Crippen LogP contribution in [0.3, 0.4) is 0 Å². The van der Waals surface area contributed by atoms with Gasteiger partial charge >= 0.3 is 9.28 Å². The van der Waals surface area contributed by atoms with E-state index in [9.17, 15) is 0 Å². The molecule has 0 bridgehead atoms. The molecule has 0 aromatic heterocycles. The average molecular weight is 205 g/mol. The van der Waals surface area contributed by atoms with Crippen molar-refractivity contribution in [2.24, 2.45) is 0 Å². The molecule has 80 valence electrons. The molecule has 0 heterocycles. The molecule has 0 saturated heterocycles. The summed E-state index contributed by atoms with van der Waals surface area (Å²) in [5.74, 6) is 0. The van der Waals surface area contributed by atoms with Crippen LogP contribution in [0.5, 0.6) is 0 Å². The van der Waals surface area contributed by atoms with Crippen LogP contribution in [0.1, 0.15) is 34.6 Å². The van der Waals surface area contributed by atoms with Crippen LogP contribution in [0.25, 0.3) is 0 Å². The molecule has 0 aliphatic heterocycles. The van der Waals surface area contributed by atoms with Gasteiger partial charge in [-0.15, -0.1) is 0 Å². The Kier molecular flexibility index (Phi) is 6.58. The van der Waals surface area contributed by atoms with Gasteiger partial charge in [-0.3, -0.25) is 0 Å². The maximum atomic E-state index is 5.53. The Morgan fingerprint density at radius 2 is 1.54 bits per heavy atom. The molecule has 0 rings (SSSR count). The molecular formula is C9H23NO2Si. The monoisotopic (exact) mass is 205 g/mol. The van der Waals surface area contributed by atoms with Crippen LogP contribution in [0.15, 0.2) is 0 Å². The minimum absolute atomic E-state index is 0.152. The lowest BCUT2D eigenvalue weighted by Crippen LogP contribution is -2.45. The van der Waals surface area contributed by atoms with Gasteiger partial charge in [0.15, 0.2) is 0 Å². The summed E-state index contributed by atoms with van der Waals surface area (Å²) in [5, 5.41) is 3.40. The van der Waals surface area contributed by atoms with Crippen LogP contribution in [-0.4, -0.2) is 34.2 Å². The van der Waals surface area contributed by atoms with Crippen LogP contribution in [-0.2, 0) is 8.85 Å². The SMILES string of the molecule is CCO[SiH](CNC(C)(C)C)OCC. The zero-order chi connectivity index (χ0) is 10.3. The summed E-state index contributed by atoms with van der Waals surface area (Å²) >= 11 is 0. The number of hydrogen-bond donors (Lipinski definition) is 1. The topological polar surface area (TPSA) is 30.5 Å². The van der Waals surface area contributed by atoms with Crippen LogP contribution >= 0.6 is 0 Å². The first kappa shape index (κ1) is 13.1. The lowest BCUT2D eigenvalue weighted by atomic mass is 10.1. The normalized spacial score (nSPS) is 12.5. The predicted molar refractivity (Wildman–Crippen MR) is 58.2 cm³/mol. The second kappa shape index (κ2) is 6.54. The van der Waals surface area contributed by atoms with Gasteiger partial charge in [0.25, 0.3) is 0 Å². The molecule has 0 atom stereocenters. The maximum absolute atomic E-state index is 5.53. The fourth-order valence-electron chi connectivity index (χ4n) is 0.927. The van der Waals surface area contributed by atoms with Crippen molar-refractivity contribution in [2.75, 3.05) is 19.4 Å². The van der Waals surface area contributed by atoms with E-state index in [4.69, 9.17) is 8.85 Å². The van der Waals surface area contributed by atoms with Crippen molar-refractivity contribution in [3.8, 4) is 0 Å². The molecule has 3 nitrogen and oxygen atoms in total. The Balaban J connectivity index is 3.68. The number of nitrogens with one attached hydrogen (secondary N) is 1. The zero-order valence-electron chi connectivity index (χ0n) is 9.52. The highest BCUT2D eigenvalue weighted by Gasteiger charge is 2.16. The fourth-order valence-corrected chi connectivity index (χ4v) is 2.78. The second-order valence-corrected chi connectivity index (χ2v) is 5.91. The third-order valence-electron chi connectivity index (χ3n) is 1.50. The Bertz CT molecular complexity index is 119. The highest BCUT2D eigenvalue weighted by molar-refractivity contribution is 6.44. The molecular weight excluding hydrogens is 182 g/mol. The highest BCUT2D eigenvalue weighted by Crippen LogP contribution is 1.99. The van der Waals surface area contributed by atoms with E-state index in [0.29, 0.717) is 0 Å². The lowest BCUT2D eigenvalue weighted by Gasteiger charge is -2.23. The van der Waals surface area contributed by atoms with E-state index in [1.54, 1.807) is 0 Å². The van der Waals surface area contributed by atoms with Crippen molar-refractivity contribution in [2.45, 2.75) is 40.2 Å². The van der Waals surface area contributed by atoms with E-state index in [1.807, 2.05) is 13.8 Å². The molecule has 0 amide bonds. The lowest BCUT2D eigenvalue weighted by molar-refractivity contribution is 0.208. The van der Waals surface area contributed by atoms with Crippen molar-refractivity contribution in [3.05, 3.63) is 0 Å². The largest absolute Gasteiger partial charge is 0.396 e. The summed E-state index contributed by atoms with van der Waals surface area (Å²) in [7, 11) is -1.44. The van der Waals surface area contributed by atoms with Crippen molar-refractivity contribution in [1.82, 2.24) is 5.32 Å². The molecule has 0 unspecified atom stereocenters. The minimum atomic E-state index is -1.44. The number of hydrogen-bond acceptors (Lipinski definition) is 3. The van der Waals surface area contributed by atoms with E-state index in [-0.39, 0.29) is 5.54 Å². The third kappa shape index (κ3) is 8.43. The van der Waals surface area contributed by atoms with E-state index in [2.05, 4.69) is 26.1 Å². The van der Waals surface area contributed by atoms with Crippen molar-refractivity contribution in [1.29, 1.82) is 0 Å². The molecule has 4 heteroatoms. The molecule has 0 aliphatic rings. The van der Waals surface area contributed by atoms with Gasteiger partial charge in [-0.05, 0) is 34.6 Å². The van der Waals surface area contributed by atoms with E-state index in [0.717, 1.165) is 19.4 Å². The molecule has 0 aliphatic carbocycles. The number of rotatable bonds is 6. The summed E-state index contributed by atoms with van der Waals surface area (Å²) in [6.07, 6.45) is 0.880. The summed E-state index contributed by atoms with van der Waals surface area (Å²) in [4.78, 5) is 0. The quantitative estimate of drug-likeness (QED) is 0.661. The molecule has 0 radical (unpaired) electrons. The Labute approximate surface area is 83.7 Å². The Hall–Kier alpha value is 0.0969. The van der Waals surface area contributed by atoms with Gasteiger partial charge in [0.2, 0.25) is 0 Å². The predicted octanol–water partition coefficient (Wildman–Crippen LogP) is 1.21. The average Bonchev–Trinajstić information content (AvgIpc) is 2.00. The molecule has 0 spiro atoms. The molecule has 0 aromatic carbocycles. The second-order valence-electron chi connectivity index (χ2n) is 3.97. The Morgan fingerprint density at radius 3 is 1.85 bits per heavy atom. The minimum Gasteiger partial charge on any atom is -0.396 e. The van der Waals surface area contributed by atoms with Gasteiger partial charge in [0, 0.05) is 24.9 Å². The summed E-state index contributed by atoms with van der Waals surface area (Å²) in [6, 6.07) is 0. The van der Waals surface area contributed by atoms with Crippen LogP contribution in [0, 0.1) is 0 Å². The van der Waals surface area contributed by atoms with Gasteiger partial charge in [-0.2, -0.15) is 0 Å². The van der Waals surface area contributed by atoms with Gasteiger partial charge in [0.05, 0.1) is 0 Å². The first-order valence-electron chi connectivity index (χ1n) is 4.97. The summed E-state index contributed by atoms with van der Waals surface area (Å²) in [6.45, 7) is 12.0. The first-order chi connectivity index (χ1) is 5.99. The van der Waals surface area contributed by atoms with E-state index in [1.165, 1.54) is 0 Å². The third-order valence-corrected chi connectivity index (χ3v) is 3.45. The van der Waals surface area contributed by atoms with Crippen molar-refractivity contribution in [3.63, 3.8) is 0 Å². The van der Waals surface area contributed by atoms with Crippen LogP contribution in [0.4, 0.5) is 0 Å². The first-order valence-corrected chi connectivity index (χ1v) is 6.73. The van der Waals surface area contributed by atoms with Crippen LogP contribution in [0.2, 0.25) is 0 Å². The van der Waals surface area contributed by atoms with Crippen LogP contribution < -0.4 is 5.32 Å². The standard InChI is InChI=1S/C9H23NO2Si/c1-6-11-13(12-7-2)8-10-9(3,4)5/h10,13H,6-8H2,1-5H3. The zero-order valence-corrected chi connectivity index (χ0v) is 10.7. The fraction of sp³-hybridized carbons (Fsp3) is 1.00. The molecule has 0 aromatic rings. The summed E-state index contributed by atoms with van der Waals surface area (Å²) in [5.41, 5.74) is 0.152. The molecule has 0 saturated carbocycles. The van der Waals surface area contributed by atoms with Crippen molar-refractivity contribution < 1.29 is 8.85 Å². The molecule has 1 N–H and O–H groups in total. The maximum Gasteiger partial charge on any atom is 0.335 e. The molecule has 0 fully saturated rings. The Morgan fingerprint density at radius 1 is 1.08 bits per heavy atom. The van der Waals surface area contributed by atoms with Gasteiger partial charge < -0.3 is 14.2 Å². The van der Waals surface area contributed by atoms with Gasteiger partial charge in [-0.1, -0.05) is 0 Å².